The van der Waals surface area contributed by atoms with Gasteiger partial charge in [-0.15, -0.1) is 0 Å². The van der Waals surface area contributed by atoms with Gasteiger partial charge in [0.05, 0.1) is 12.7 Å². The highest BCUT2D eigenvalue weighted by Gasteiger charge is 2.23. The average Bonchev–Trinajstić information content (AvgIpc) is 3.28. The van der Waals surface area contributed by atoms with Crippen molar-refractivity contribution in [1.29, 1.82) is 0 Å². The number of hydrogen-bond acceptors (Lipinski definition) is 8. The van der Waals surface area contributed by atoms with Crippen molar-refractivity contribution in [2.75, 3.05) is 30.4 Å². The molecule has 11 heteroatoms. The third-order valence-electron chi connectivity index (χ3n) is 5.74. The van der Waals surface area contributed by atoms with E-state index in [2.05, 4.69) is 19.9 Å². The number of rotatable bonds is 6. The summed E-state index contributed by atoms with van der Waals surface area (Å²) < 4.78 is 7.47. The number of aromatic nitrogens is 3. The molecule has 3 heterocycles. The molecule has 0 saturated carbocycles. The minimum Gasteiger partial charge on any atom is -0.465 e. The topological polar surface area (TPSA) is 116 Å². The van der Waals surface area contributed by atoms with E-state index in [1.54, 1.807) is 26.0 Å². The van der Waals surface area contributed by atoms with Gasteiger partial charge in [0.25, 0.3) is 5.56 Å². The summed E-state index contributed by atoms with van der Waals surface area (Å²) in [5.74, 6) is -0.925. The van der Waals surface area contributed by atoms with Crippen LogP contribution in [-0.2, 0) is 16.1 Å². The van der Waals surface area contributed by atoms with Crippen LogP contribution < -0.4 is 21.5 Å². The molecule has 0 unspecified atom stereocenters. The van der Waals surface area contributed by atoms with Gasteiger partial charge in [0.2, 0.25) is 5.91 Å². The Morgan fingerprint density at radius 1 is 1.12 bits per heavy atom. The van der Waals surface area contributed by atoms with Gasteiger partial charge in [-0.3, -0.25) is 18.7 Å². The number of ether oxygens (including phenoxy) is 1. The lowest BCUT2D eigenvalue weighted by atomic mass is 10.1. The van der Waals surface area contributed by atoms with Crippen molar-refractivity contribution in [3.05, 3.63) is 50.7 Å². The maximum absolute atomic E-state index is 13.2. The minimum absolute atomic E-state index is 0.230. The zero-order valence-electron chi connectivity index (χ0n) is 19.4. The number of amides is 1. The smallest absolute Gasteiger partial charge is 0.337 e. The number of fused-ring (bicyclic) bond motifs is 1. The number of nitrogens with one attached hydrogen (secondary N) is 1. The Balaban J connectivity index is 1.68. The van der Waals surface area contributed by atoms with E-state index in [-0.39, 0.29) is 23.8 Å². The van der Waals surface area contributed by atoms with Gasteiger partial charge in [-0.1, -0.05) is 11.3 Å². The van der Waals surface area contributed by atoms with Crippen LogP contribution in [0, 0.1) is 0 Å². The Bertz CT molecular complexity index is 1330. The van der Waals surface area contributed by atoms with Crippen molar-refractivity contribution in [2.24, 2.45) is 0 Å². The number of benzene rings is 1. The lowest BCUT2D eigenvalue weighted by molar-refractivity contribution is -0.116. The van der Waals surface area contributed by atoms with Crippen LogP contribution in [0.3, 0.4) is 0 Å². The average molecular weight is 486 g/mol. The molecule has 0 radical (unpaired) electrons. The van der Waals surface area contributed by atoms with Crippen LogP contribution in [0.25, 0.3) is 10.3 Å². The van der Waals surface area contributed by atoms with E-state index in [0.717, 1.165) is 32.4 Å². The van der Waals surface area contributed by atoms with Crippen molar-refractivity contribution >= 4 is 44.4 Å². The van der Waals surface area contributed by atoms with Crippen LogP contribution in [-0.4, -0.2) is 46.2 Å². The Morgan fingerprint density at radius 3 is 2.41 bits per heavy atom. The van der Waals surface area contributed by atoms with Gasteiger partial charge in [-0.25, -0.2) is 14.6 Å². The summed E-state index contributed by atoms with van der Waals surface area (Å²) in [7, 11) is 1.29. The molecule has 180 valence electrons. The standard InChI is InChI=1S/C23H27N5O5S/c1-14(2)28-20(30)18-19(25-22(34-18)26-11-5-4-6-12-26)27(23(28)32)13-17(29)24-16-9-7-15(8-10-16)21(31)33-3/h7-10,14H,4-6,11-13H2,1-3H3,(H,24,29). The first-order valence-corrected chi connectivity index (χ1v) is 12.0. The maximum atomic E-state index is 13.2. The van der Waals surface area contributed by atoms with Crippen molar-refractivity contribution in [2.45, 2.75) is 45.7 Å². The largest absolute Gasteiger partial charge is 0.465 e. The summed E-state index contributed by atoms with van der Waals surface area (Å²) in [5, 5.41) is 3.42. The van der Waals surface area contributed by atoms with Crippen LogP contribution in [0.5, 0.6) is 0 Å². The Labute approximate surface area is 199 Å². The van der Waals surface area contributed by atoms with Crippen molar-refractivity contribution < 1.29 is 14.3 Å². The quantitative estimate of drug-likeness (QED) is 0.534. The minimum atomic E-state index is -0.570. The number of carbonyl (C=O) groups is 2. The Kier molecular flexibility index (Phi) is 6.82. The third kappa shape index (κ3) is 4.60. The fraction of sp³-hybridized carbons (Fsp3) is 0.435. The molecule has 1 fully saturated rings. The molecule has 2 aromatic heterocycles. The van der Waals surface area contributed by atoms with Crippen LogP contribution in [0.2, 0.25) is 0 Å². The number of methoxy groups -OCH3 is 1. The summed E-state index contributed by atoms with van der Waals surface area (Å²) in [4.78, 5) is 57.5. The molecule has 10 nitrogen and oxygen atoms in total. The summed E-state index contributed by atoms with van der Waals surface area (Å²) in [6.45, 7) is 4.92. The summed E-state index contributed by atoms with van der Waals surface area (Å²) in [6, 6.07) is 5.86. The molecule has 1 aliphatic heterocycles. The molecule has 1 N–H and O–H groups in total. The fourth-order valence-corrected chi connectivity index (χ4v) is 5.07. The molecule has 3 aromatic rings. The van der Waals surface area contributed by atoms with Crippen molar-refractivity contribution in [3.8, 4) is 0 Å². The number of anilines is 2. The van der Waals surface area contributed by atoms with Crippen LogP contribution in [0.4, 0.5) is 10.8 Å². The van der Waals surface area contributed by atoms with Crippen molar-refractivity contribution in [3.63, 3.8) is 0 Å². The molecule has 4 rings (SSSR count). The zero-order valence-corrected chi connectivity index (χ0v) is 20.2. The first-order valence-electron chi connectivity index (χ1n) is 11.2. The molecule has 1 aliphatic rings. The zero-order chi connectivity index (χ0) is 24.4. The van der Waals surface area contributed by atoms with Crippen LogP contribution in [0.1, 0.15) is 49.5 Å². The van der Waals surface area contributed by atoms with Gasteiger partial charge in [0, 0.05) is 24.8 Å². The number of thiazole rings is 1. The number of carbonyl (C=O) groups excluding carboxylic acids is 2. The monoisotopic (exact) mass is 485 g/mol. The highest BCUT2D eigenvalue weighted by molar-refractivity contribution is 7.22. The van der Waals surface area contributed by atoms with Gasteiger partial charge in [-0.2, -0.15) is 0 Å². The van der Waals surface area contributed by atoms with Gasteiger partial charge in [-0.05, 0) is 57.4 Å². The van der Waals surface area contributed by atoms with E-state index < -0.39 is 17.6 Å². The Morgan fingerprint density at radius 2 is 1.79 bits per heavy atom. The molecular formula is C23H27N5O5S. The second kappa shape index (κ2) is 9.80. The molecule has 0 atom stereocenters. The summed E-state index contributed by atoms with van der Waals surface area (Å²) in [5.41, 5.74) is 0.0974. The summed E-state index contributed by atoms with van der Waals surface area (Å²) in [6.07, 6.45) is 3.26. The molecule has 0 spiro atoms. The molecular weight excluding hydrogens is 458 g/mol. The highest BCUT2D eigenvalue weighted by Crippen LogP contribution is 2.28. The molecule has 0 bridgehead atoms. The third-order valence-corrected chi connectivity index (χ3v) is 6.83. The first-order chi connectivity index (χ1) is 16.3. The van der Waals surface area contributed by atoms with E-state index in [9.17, 15) is 19.2 Å². The lowest BCUT2D eigenvalue weighted by Gasteiger charge is -2.25. The second-order valence-electron chi connectivity index (χ2n) is 8.45. The molecule has 1 saturated heterocycles. The first kappa shape index (κ1) is 23.7. The number of piperidine rings is 1. The van der Waals surface area contributed by atoms with E-state index in [1.807, 2.05) is 0 Å². The van der Waals surface area contributed by atoms with Gasteiger partial charge in [0.15, 0.2) is 10.8 Å². The second-order valence-corrected chi connectivity index (χ2v) is 9.43. The van der Waals surface area contributed by atoms with Crippen molar-refractivity contribution in [1.82, 2.24) is 14.1 Å². The predicted molar refractivity (Wildman–Crippen MR) is 131 cm³/mol. The van der Waals surface area contributed by atoms with Gasteiger partial charge < -0.3 is 15.0 Å². The highest BCUT2D eigenvalue weighted by atomic mass is 32.1. The molecule has 1 aromatic carbocycles. The lowest BCUT2D eigenvalue weighted by Crippen LogP contribution is -2.42. The normalized spacial score (nSPS) is 13.9. The van der Waals surface area contributed by atoms with Gasteiger partial charge >= 0.3 is 11.7 Å². The molecule has 0 aliphatic carbocycles. The Hall–Kier alpha value is -3.47. The van der Waals surface area contributed by atoms with Crippen LogP contribution in [0.15, 0.2) is 33.9 Å². The summed E-state index contributed by atoms with van der Waals surface area (Å²) >= 11 is 1.27. The van der Waals surface area contributed by atoms with E-state index in [1.165, 1.54) is 39.7 Å². The van der Waals surface area contributed by atoms with Crippen LogP contribution >= 0.6 is 11.3 Å². The maximum Gasteiger partial charge on any atom is 0.337 e. The number of nitrogens with zero attached hydrogens (tertiary/aromatic N) is 4. The van der Waals surface area contributed by atoms with Gasteiger partial charge in [0.1, 0.15) is 11.2 Å². The predicted octanol–water partition coefficient (Wildman–Crippen LogP) is 2.62. The molecule has 34 heavy (non-hydrogen) atoms. The van der Waals surface area contributed by atoms with E-state index in [4.69, 9.17) is 0 Å². The van der Waals surface area contributed by atoms with E-state index >= 15 is 0 Å². The number of esters is 1. The SMILES string of the molecule is COC(=O)c1ccc(NC(=O)Cn2c(=O)n(C(C)C)c(=O)c3sc(N4CCCCC4)nc32)cc1. The van der Waals surface area contributed by atoms with E-state index in [0.29, 0.717) is 21.1 Å². The number of hydrogen-bond donors (Lipinski definition) is 1. The fourth-order valence-electron chi connectivity index (χ4n) is 4.01. The molecule has 1 amide bonds.